The maximum atomic E-state index is 13.0. The Morgan fingerprint density at radius 2 is 1.79 bits per heavy atom. The molecule has 1 aromatic heterocycles. The van der Waals surface area contributed by atoms with Gasteiger partial charge in [0, 0.05) is 23.9 Å². The Morgan fingerprint density at radius 1 is 1.00 bits per heavy atom. The number of ketones is 1. The van der Waals surface area contributed by atoms with Crippen LogP contribution >= 0.6 is 0 Å². The second-order valence-electron chi connectivity index (χ2n) is 7.87. The topological polar surface area (TPSA) is 170 Å². The number of benzene rings is 2. The Morgan fingerprint density at radius 3 is 2.55 bits per heavy atom. The summed E-state index contributed by atoms with van der Waals surface area (Å²) in [5, 5.41) is 60.5. The summed E-state index contributed by atoms with van der Waals surface area (Å²) in [5.41, 5.74) is 1.34. The minimum atomic E-state index is -1.73. The smallest absolute Gasteiger partial charge is 0.229 e. The van der Waals surface area contributed by atoms with Crippen molar-refractivity contribution in [2.45, 2.75) is 43.5 Å². The maximum Gasteiger partial charge on any atom is 0.229 e. The number of Topliss-reactive ketones (excluding diaryl/α,β-unsaturated/α-hetero) is 1. The Labute approximate surface area is 187 Å². The monoisotopic (exact) mass is 460 g/mol. The molecule has 2 heterocycles. The van der Waals surface area contributed by atoms with Crippen LogP contribution in [0.15, 0.2) is 47.1 Å². The van der Waals surface area contributed by atoms with Crippen molar-refractivity contribution in [1.82, 2.24) is 0 Å². The van der Waals surface area contributed by atoms with Gasteiger partial charge in [-0.2, -0.15) is 0 Å². The number of aromatic hydroxyl groups is 2. The van der Waals surface area contributed by atoms with E-state index in [-0.39, 0.29) is 17.7 Å². The Kier molecular flexibility index (Phi) is 6.54. The van der Waals surface area contributed by atoms with E-state index in [0.29, 0.717) is 6.42 Å². The number of rotatable bonds is 7. The summed E-state index contributed by atoms with van der Waals surface area (Å²) in [6.07, 6.45) is -5.91. The highest BCUT2D eigenvalue weighted by molar-refractivity contribution is 6.01. The van der Waals surface area contributed by atoms with Gasteiger partial charge in [-0.3, -0.25) is 4.79 Å². The summed E-state index contributed by atoms with van der Waals surface area (Å²) in [6.45, 7) is -0.664. The van der Waals surface area contributed by atoms with Gasteiger partial charge in [-0.05, 0) is 30.2 Å². The number of aliphatic hydroxyl groups excluding tert-OH is 4. The summed E-state index contributed by atoms with van der Waals surface area (Å²) in [4.78, 5) is 13.0. The van der Waals surface area contributed by atoms with Gasteiger partial charge in [0.1, 0.15) is 52.8 Å². The normalized spacial score (nSPS) is 25.3. The molecule has 0 saturated carbocycles. The molecule has 1 fully saturated rings. The lowest BCUT2D eigenvalue weighted by atomic mass is 9.98. The average molecular weight is 460 g/mol. The molecule has 0 aliphatic carbocycles. The summed E-state index contributed by atoms with van der Waals surface area (Å²) >= 11 is 0. The fourth-order valence-corrected chi connectivity index (χ4v) is 3.80. The van der Waals surface area contributed by atoms with Crippen LogP contribution in [0, 0.1) is 0 Å². The van der Waals surface area contributed by atoms with Crippen molar-refractivity contribution < 1.29 is 49.3 Å². The average Bonchev–Trinajstić information content (AvgIpc) is 3.25. The van der Waals surface area contributed by atoms with E-state index in [9.17, 15) is 35.4 Å². The third-order valence-electron chi connectivity index (χ3n) is 5.59. The molecule has 176 valence electrons. The molecule has 4 rings (SSSR count). The van der Waals surface area contributed by atoms with Crippen LogP contribution in [0.5, 0.6) is 17.2 Å². The van der Waals surface area contributed by atoms with Crippen LogP contribution in [-0.2, 0) is 11.2 Å². The van der Waals surface area contributed by atoms with E-state index in [4.69, 9.17) is 13.9 Å². The first-order valence-electron chi connectivity index (χ1n) is 10.3. The summed E-state index contributed by atoms with van der Waals surface area (Å²) < 4.78 is 16.1. The third-order valence-corrected chi connectivity index (χ3v) is 5.59. The van der Waals surface area contributed by atoms with Gasteiger partial charge in [0.2, 0.25) is 6.29 Å². The molecule has 0 spiro atoms. The number of furan rings is 1. The van der Waals surface area contributed by atoms with Gasteiger partial charge < -0.3 is 44.5 Å². The first-order chi connectivity index (χ1) is 15.8. The van der Waals surface area contributed by atoms with Crippen LogP contribution in [0.1, 0.15) is 22.3 Å². The second kappa shape index (κ2) is 9.38. The fraction of sp³-hybridized carbons (Fsp3) is 0.348. The second-order valence-corrected chi connectivity index (χ2v) is 7.87. The number of hydrogen-bond donors (Lipinski definition) is 6. The van der Waals surface area contributed by atoms with Gasteiger partial charge in [0.05, 0.1) is 12.9 Å². The highest BCUT2D eigenvalue weighted by Gasteiger charge is 2.45. The van der Waals surface area contributed by atoms with Crippen LogP contribution in [0.4, 0.5) is 0 Å². The van der Waals surface area contributed by atoms with E-state index >= 15 is 0 Å². The van der Waals surface area contributed by atoms with E-state index in [1.165, 1.54) is 0 Å². The van der Waals surface area contributed by atoms with E-state index in [1.807, 2.05) is 12.1 Å². The molecule has 2 aromatic carbocycles. The van der Waals surface area contributed by atoms with Gasteiger partial charge in [-0.25, -0.2) is 0 Å². The van der Waals surface area contributed by atoms with Crippen molar-refractivity contribution in [3.05, 3.63) is 53.8 Å². The van der Waals surface area contributed by atoms with E-state index in [1.54, 1.807) is 18.4 Å². The van der Waals surface area contributed by atoms with Gasteiger partial charge in [-0.1, -0.05) is 6.07 Å². The zero-order valence-corrected chi connectivity index (χ0v) is 17.4. The van der Waals surface area contributed by atoms with Crippen molar-refractivity contribution in [2.75, 3.05) is 6.61 Å². The van der Waals surface area contributed by atoms with Crippen molar-refractivity contribution in [3.63, 3.8) is 0 Å². The summed E-state index contributed by atoms with van der Waals surface area (Å²) in [7, 11) is 0. The maximum absolute atomic E-state index is 13.0. The Balaban J connectivity index is 1.55. The number of carbonyl (C=O) groups is 1. The number of ether oxygens (including phenoxy) is 2. The van der Waals surface area contributed by atoms with E-state index < -0.39 is 54.6 Å². The fourth-order valence-electron chi connectivity index (χ4n) is 3.80. The van der Waals surface area contributed by atoms with Crippen LogP contribution < -0.4 is 4.74 Å². The minimum Gasteiger partial charge on any atom is -0.508 e. The van der Waals surface area contributed by atoms with Crippen molar-refractivity contribution in [3.8, 4) is 17.2 Å². The van der Waals surface area contributed by atoms with Gasteiger partial charge in [0.25, 0.3) is 0 Å². The van der Waals surface area contributed by atoms with E-state index in [2.05, 4.69) is 0 Å². The lowest BCUT2D eigenvalue weighted by Gasteiger charge is -2.39. The van der Waals surface area contributed by atoms with E-state index in [0.717, 1.165) is 28.7 Å². The molecule has 0 bridgehead atoms. The zero-order valence-electron chi connectivity index (χ0n) is 17.4. The highest BCUT2D eigenvalue weighted by Crippen LogP contribution is 2.36. The number of phenolic OH excluding ortho intramolecular Hbond substituents is 2. The first kappa shape index (κ1) is 23.0. The molecule has 3 aromatic rings. The molecular weight excluding hydrogens is 436 g/mol. The lowest BCUT2D eigenvalue weighted by Crippen LogP contribution is -2.60. The predicted octanol–water partition coefficient (Wildman–Crippen LogP) is 0.838. The molecule has 10 nitrogen and oxygen atoms in total. The predicted molar refractivity (Wildman–Crippen MR) is 113 cm³/mol. The van der Waals surface area contributed by atoms with Crippen LogP contribution in [0.2, 0.25) is 0 Å². The summed E-state index contributed by atoms with van der Waals surface area (Å²) in [5.74, 6) is -1.73. The largest absolute Gasteiger partial charge is 0.508 e. The standard InChI is InChI=1S/C23H24O10/c24-10-18-20(28)21(29)22(30)23(33-18)32-17-9-13(25)8-15(27)19(17)14(26)3-1-11-2-4-16-12(7-11)5-6-31-16/h2,4-9,18,20-25,27-30H,1,3,10H2/t18-,20-,21+,22-,23-/m1/s1. The molecule has 0 radical (unpaired) electrons. The zero-order chi connectivity index (χ0) is 23.7. The first-order valence-corrected chi connectivity index (χ1v) is 10.3. The quantitative estimate of drug-likeness (QED) is 0.278. The Bertz CT molecular complexity index is 1140. The van der Waals surface area contributed by atoms with Gasteiger partial charge in [-0.15, -0.1) is 0 Å². The highest BCUT2D eigenvalue weighted by atomic mass is 16.7. The number of hydrogen-bond acceptors (Lipinski definition) is 10. The van der Waals surface area contributed by atoms with Crippen molar-refractivity contribution in [1.29, 1.82) is 0 Å². The molecule has 33 heavy (non-hydrogen) atoms. The molecule has 0 unspecified atom stereocenters. The van der Waals surface area contributed by atoms with Crippen LogP contribution in [-0.4, -0.2) is 73.7 Å². The van der Waals surface area contributed by atoms with Crippen LogP contribution in [0.25, 0.3) is 11.0 Å². The van der Waals surface area contributed by atoms with Crippen molar-refractivity contribution >= 4 is 16.8 Å². The third kappa shape index (κ3) is 4.65. The number of fused-ring (bicyclic) bond motifs is 1. The Hall–Kier alpha value is -3.15. The molecule has 1 saturated heterocycles. The lowest BCUT2D eigenvalue weighted by molar-refractivity contribution is -0.277. The van der Waals surface area contributed by atoms with Crippen molar-refractivity contribution in [2.24, 2.45) is 0 Å². The minimum absolute atomic E-state index is 0.00721. The molecule has 1 aliphatic rings. The molecular formula is C23H24O10. The SMILES string of the molecule is O=C(CCc1ccc2occc2c1)c1c(O)cc(O)cc1O[C@@H]1O[C@H](CO)[C@@H](O)[C@H](O)[C@H]1O. The molecule has 6 N–H and O–H groups in total. The summed E-state index contributed by atoms with van der Waals surface area (Å²) in [6, 6.07) is 9.34. The van der Waals surface area contributed by atoms with Gasteiger partial charge >= 0.3 is 0 Å². The number of aliphatic hydroxyl groups is 4. The van der Waals surface area contributed by atoms with Gasteiger partial charge in [0.15, 0.2) is 5.78 Å². The van der Waals surface area contributed by atoms with Crippen LogP contribution in [0.3, 0.4) is 0 Å². The molecule has 5 atom stereocenters. The molecule has 1 aliphatic heterocycles. The number of phenols is 2. The molecule has 0 amide bonds. The number of aryl methyl sites for hydroxylation is 1. The number of carbonyl (C=O) groups excluding carboxylic acids is 1. The molecule has 10 heteroatoms.